The number of pyridine rings is 1. The van der Waals surface area contributed by atoms with Gasteiger partial charge in [-0.1, -0.05) is 0 Å². The molecule has 1 unspecified atom stereocenters. The molecule has 0 saturated heterocycles. The first-order chi connectivity index (χ1) is 7.77. The summed E-state index contributed by atoms with van der Waals surface area (Å²) in [6, 6.07) is 3.29. The third kappa shape index (κ3) is 3.96. The van der Waals surface area contributed by atoms with Crippen molar-refractivity contribution in [1.82, 2.24) is 10.3 Å². The summed E-state index contributed by atoms with van der Waals surface area (Å²) in [5, 5.41) is 2.86. The second-order valence-corrected chi connectivity index (χ2v) is 3.44. The number of nitrogens with zero attached hydrogens (tertiary/aromatic N) is 1. The summed E-state index contributed by atoms with van der Waals surface area (Å²) in [5.41, 5.74) is 6.05. The zero-order valence-electron chi connectivity index (χ0n) is 9.35. The maximum absolute atomic E-state index is 11.8. The third-order valence-corrected chi connectivity index (χ3v) is 2.16. The van der Waals surface area contributed by atoms with Crippen LogP contribution in [0.15, 0.2) is 24.5 Å². The number of carbonyl (C=O) groups excluding carboxylic acids is 1. The van der Waals surface area contributed by atoms with Gasteiger partial charge in [-0.3, -0.25) is 9.78 Å². The Balaban J connectivity index is 2.54. The van der Waals surface area contributed by atoms with Crippen molar-refractivity contribution in [2.45, 2.75) is 12.5 Å². The van der Waals surface area contributed by atoms with Crippen LogP contribution < -0.4 is 11.1 Å². The Morgan fingerprint density at radius 2 is 2.25 bits per heavy atom. The fourth-order valence-electron chi connectivity index (χ4n) is 1.37. The van der Waals surface area contributed by atoms with Gasteiger partial charge in [-0.25, -0.2) is 0 Å². The van der Waals surface area contributed by atoms with Crippen LogP contribution in [0.5, 0.6) is 0 Å². The lowest BCUT2D eigenvalue weighted by molar-refractivity contribution is 0.0893. The van der Waals surface area contributed by atoms with Gasteiger partial charge in [0, 0.05) is 25.1 Å². The highest BCUT2D eigenvalue weighted by Gasteiger charge is 2.12. The second-order valence-electron chi connectivity index (χ2n) is 3.44. The maximum atomic E-state index is 11.8. The molecule has 0 bridgehead atoms. The van der Waals surface area contributed by atoms with Crippen molar-refractivity contribution in [2.24, 2.45) is 5.73 Å². The minimum absolute atomic E-state index is 0.0457. The lowest BCUT2D eigenvalue weighted by Gasteiger charge is -2.16. The lowest BCUT2D eigenvalue weighted by Crippen LogP contribution is -2.39. The molecule has 1 amide bonds. The lowest BCUT2D eigenvalue weighted by atomic mass is 10.2. The topological polar surface area (TPSA) is 77.2 Å². The van der Waals surface area contributed by atoms with Gasteiger partial charge < -0.3 is 15.8 Å². The van der Waals surface area contributed by atoms with Gasteiger partial charge in [0.2, 0.25) is 0 Å². The van der Waals surface area contributed by atoms with Crippen molar-refractivity contribution in [2.75, 3.05) is 20.3 Å². The minimum atomic E-state index is -0.127. The van der Waals surface area contributed by atoms with Crippen molar-refractivity contribution in [1.29, 1.82) is 0 Å². The van der Waals surface area contributed by atoms with Crippen LogP contribution in [0.4, 0.5) is 0 Å². The number of aromatic nitrogens is 1. The molecule has 1 aromatic heterocycles. The van der Waals surface area contributed by atoms with E-state index in [4.69, 9.17) is 10.5 Å². The molecule has 0 aliphatic heterocycles. The highest BCUT2D eigenvalue weighted by molar-refractivity contribution is 5.94. The fourth-order valence-corrected chi connectivity index (χ4v) is 1.37. The summed E-state index contributed by atoms with van der Waals surface area (Å²) in [5.74, 6) is -0.127. The van der Waals surface area contributed by atoms with Gasteiger partial charge in [0.25, 0.3) is 5.91 Å². The second kappa shape index (κ2) is 6.92. The number of rotatable bonds is 6. The number of hydrogen-bond donors (Lipinski definition) is 2. The molecule has 0 spiro atoms. The molecule has 1 rings (SSSR count). The van der Waals surface area contributed by atoms with E-state index in [9.17, 15) is 4.79 Å². The van der Waals surface area contributed by atoms with Crippen LogP contribution in [0.25, 0.3) is 0 Å². The molecule has 0 aliphatic rings. The van der Waals surface area contributed by atoms with Gasteiger partial charge in [-0.15, -0.1) is 0 Å². The van der Waals surface area contributed by atoms with Crippen LogP contribution in [0, 0.1) is 0 Å². The van der Waals surface area contributed by atoms with E-state index >= 15 is 0 Å². The molecule has 0 fully saturated rings. The van der Waals surface area contributed by atoms with Crippen LogP contribution in [-0.4, -0.2) is 37.2 Å². The van der Waals surface area contributed by atoms with E-state index in [0.717, 1.165) is 0 Å². The Hall–Kier alpha value is -1.46. The van der Waals surface area contributed by atoms with Gasteiger partial charge in [0.05, 0.1) is 12.6 Å². The average Bonchev–Trinajstić information content (AvgIpc) is 2.31. The van der Waals surface area contributed by atoms with Gasteiger partial charge in [-0.05, 0) is 25.1 Å². The molecule has 5 heteroatoms. The molecule has 0 aromatic carbocycles. The Bertz CT molecular complexity index is 310. The van der Waals surface area contributed by atoms with Crippen LogP contribution in [0.3, 0.4) is 0 Å². The summed E-state index contributed by atoms with van der Waals surface area (Å²) in [4.78, 5) is 15.6. The third-order valence-electron chi connectivity index (χ3n) is 2.16. The van der Waals surface area contributed by atoms with Crippen LogP contribution in [0.2, 0.25) is 0 Å². The first kappa shape index (κ1) is 12.6. The molecular formula is C11H17N3O2. The number of carbonyl (C=O) groups is 1. The predicted octanol–water partition coefficient (Wildman–Crippen LogP) is 0.175. The SMILES string of the molecule is COCC(CCN)NC(=O)c1ccncc1. The highest BCUT2D eigenvalue weighted by atomic mass is 16.5. The van der Waals surface area contributed by atoms with Gasteiger partial charge in [0.1, 0.15) is 0 Å². The zero-order valence-corrected chi connectivity index (χ0v) is 9.35. The monoisotopic (exact) mass is 223 g/mol. The average molecular weight is 223 g/mol. The molecule has 1 atom stereocenters. The Kier molecular flexibility index (Phi) is 5.45. The summed E-state index contributed by atoms with van der Waals surface area (Å²) >= 11 is 0. The van der Waals surface area contributed by atoms with Gasteiger partial charge >= 0.3 is 0 Å². The molecule has 16 heavy (non-hydrogen) atoms. The zero-order chi connectivity index (χ0) is 11.8. The number of methoxy groups -OCH3 is 1. The smallest absolute Gasteiger partial charge is 0.251 e. The van der Waals surface area contributed by atoms with Crippen LogP contribution in [-0.2, 0) is 4.74 Å². The van der Waals surface area contributed by atoms with E-state index < -0.39 is 0 Å². The molecule has 5 nitrogen and oxygen atoms in total. The molecule has 88 valence electrons. The largest absolute Gasteiger partial charge is 0.383 e. The minimum Gasteiger partial charge on any atom is -0.383 e. The number of ether oxygens (including phenoxy) is 1. The Labute approximate surface area is 95.0 Å². The van der Waals surface area contributed by atoms with Crippen molar-refractivity contribution in [3.63, 3.8) is 0 Å². The highest BCUT2D eigenvalue weighted by Crippen LogP contribution is 1.99. The quantitative estimate of drug-likeness (QED) is 0.721. The van der Waals surface area contributed by atoms with Crippen LogP contribution >= 0.6 is 0 Å². The Morgan fingerprint density at radius 3 is 2.81 bits per heavy atom. The number of nitrogens with two attached hydrogens (primary N) is 1. The first-order valence-electron chi connectivity index (χ1n) is 5.17. The molecule has 0 saturated carbocycles. The number of amides is 1. The molecule has 1 aromatic rings. The summed E-state index contributed by atoms with van der Waals surface area (Å²) < 4.78 is 5.01. The van der Waals surface area contributed by atoms with Gasteiger partial charge in [-0.2, -0.15) is 0 Å². The Morgan fingerprint density at radius 1 is 1.56 bits per heavy atom. The van der Waals surface area contributed by atoms with E-state index in [2.05, 4.69) is 10.3 Å². The molecule has 0 radical (unpaired) electrons. The predicted molar refractivity (Wildman–Crippen MR) is 61.0 cm³/mol. The van der Waals surface area contributed by atoms with E-state index in [-0.39, 0.29) is 11.9 Å². The molecular weight excluding hydrogens is 206 g/mol. The van der Waals surface area contributed by atoms with E-state index in [1.807, 2.05) is 0 Å². The van der Waals surface area contributed by atoms with E-state index in [0.29, 0.717) is 25.1 Å². The van der Waals surface area contributed by atoms with Crippen molar-refractivity contribution in [3.05, 3.63) is 30.1 Å². The van der Waals surface area contributed by atoms with Crippen LogP contribution in [0.1, 0.15) is 16.8 Å². The van der Waals surface area contributed by atoms with E-state index in [1.54, 1.807) is 31.6 Å². The van der Waals surface area contributed by atoms with Crippen molar-refractivity contribution < 1.29 is 9.53 Å². The number of hydrogen-bond acceptors (Lipinski definition) is 4. The van der Waals surface area contributed by atoms with Crippen molar-refractivity contribution in [3.8, 4) is 0 Å². The number of nitrogens with one attached hydrogen (secondary N) is 1. The molecule has 1 heterocycles. The van der Waals surface area contributed by atoms with Gasteiger partial charge in [0.15, 0.2) is 0 Å². The standard InChI is InChI=1S/C11H17N3O2/c1-16-8-10(2-5-12)14-11(15)9-3-6-13-7-4-9/h3-4,6-7,10H,2,5,8,12H2,1H3,(H,14,15). The summed E-state index contributed by atoms with van der Waals surface area (Å²) in [6.45, 7) is 0.985. The summed E-state index contributed by atoms with van der Waals surface area (Å²) in [6.07, 6.45) is 3.87. The normalized spacial score (nSPS) is 12.1. The fraction of sp³-hybridized carbons (Fsp3) is 0.455. The maximum Gasteiger partial charge on any atom is 0.251 e. The van der Waals surface area contributed by atoms with E-state index in [1.165, 1.54) is 0 Å². The summed E-state index contributed by atoms with van der Waals surface area (Å²) in [7, 11) is 1.60. The first-order valence-corrected chi connectivity index (χ1v) is 5.17. The van der Waals surface area contributed by atoms with Crippen molar-refractivity contribution >= 4 is 5.91 Å². The molecule has 3 N–H and O–H groups in total. The molecule has 0 aliphatic carbocycles.